The molecule has 0 aliphatic rings. The molecule has 4 nitrogen and oxygen atoms in total. The molecule has 1 heterocycles. The summed E-state index contributed by atoms with van der Waals surface area (Å²) in [4.78, 5) is 12.6. The Labute approximate surface area is 189 Å². The highest BCUT2D eigenvalue weighted by atomic mass is 35.5. The van der Waals surface area contributed by atoms with Crippen LogP contribution in [0.25, 0.3) is 16.5 Å². The van der Waals surface area contributed by atoms with Gasteiger partial charge in [0.25, 0.3) is 0 Å². The minimum atomic E-state index is -4.55. The number of amides is 1. The normalized spacial score (nSPS) is 12.3. The molecule has 3 aromatic rings. The van der Waals surface area contributed by atoms with Crippen LogP contribution in [-0.2, 0) is 11.0 Å². The van der Waals surface area contributed by atoms with Gasteiger partial charge in [-0.15, -0.1) is 0 Å². The average molecular weight is 466 g/mol. The highest BCUT2D eigenvalue weighted by Crippen LogP contribution is 2.39. The van der Waals surface area contributed by atoms with Crippen molar-refractivity contribution in [2.75, 3.05) is 11.9 Å². The van der Waals surface area contributed by atoms with E-state index < -0.39 is 17.6 Å². The van der Waals surface area contributed by atoms with E-state index in [9.17, 15) is 18.0 Å². The minimum Gasteiger partial charge on any atom is -0.493 e. The first-order chi connectivity index (χ1) is 14.9. The average Bonchev–Trinajstić information content (AvgIpc) is 2.99. The van der Waals surface area contributed by atoms with Gasteiger partial charge in [0.2, 0.25) is 5.91 Å². The summed E-state index contributed by atoms with van der Waals surface area (Å²) in [5.41, 5.74) is 2.78. The Bertz CT molecular complexity index is 1230. The number of carbonyl (C=O) groups excluding carboxylic acids is 1. The Morgan fingerprint density at radius 2 is 1.88 bits per heavy atom. The largest absolute Gasteiger partial charge is 0.493 e. The Balaban J connectivity index is 2.01. The number of benzene rings is 2. The number of alkyl halides is 3. The van der Waals surface area contributed by atoms with Crippen LogP contribution in [0.2, 0.25) is 5.02 Å². The molecule has 32 heavy (non-hydrogen) atoms. The summed E-state index contributed by atoms with van der Waals surface area (Å²) >= 11 is 5.98. The van der Waals surface area contributed by atoms with Crippen LogP contribution in [0, 0.1) is 20.8 Å². The fourth-order valence-corrected chi connectivity index (χ4v) is 3.64. The summed E-state index contributed by atoms with van der Waals surface area (Å²) in [6.45, 7) is 9.72. The fourth-order valence-electron chi connectivity index (χ4n) is 3.48. The molecule has 0 unspecified atom stereocenters. The zero-order valence-electron chi connectivity index (χ0n) is 18.3. The van der Waals surface area contributed by atoms with E-state index in [0.717, 1.165) is 46.1 Å². The third-order valence-electron chi connectivity index (χ3n) is 5.26. The number of nitrogens with one attached hydrogen (secondary N) is 1. The van der Waals surface area contributed by atoms with E-state index >= 15 is 0 Å². The first-order valence-electron chi connectivity index (χ1n) is 9.96. The van der Waals surface area contributed by atoms with Gasteiger partial charge >= 0.3 is 6.18 Å². The van der Waals surface area contributed by atoms with E-state index in [1.54, 1.807) is 6.92 Å². The molecule has 1 aromatic heterocycles. The molecule has 0 fully saturated rings. The second kappa shape index (κ2) is 8.90. The maximum absolute atomic E-state index is 13.0. The number of hydrogen-bond acceptors (Lipinski definition) is 3. The van der Waals surface area contributed by atoms with Gasteiger partial charge in [-0.2, -0.15) is 13.2 Å². The van der Waals surface area contributed by atoms with Gasteiger partial charge in [0.15, 0.2) is 0 Å². The second-order valence-corrected chi connectivity index (χ2v) is 7.89. The van der Waals surface area contributed by atoms with Crippen molar-refractivity contribution in [2.45, 2.75) is 40.8 Å². The Morgan fingerprint density at radius 3 is 2.50 bits per heavy atom. The van der Waals surface area contributed by atoms with Crippen LogP contribution in [0.15, 0.2) is 34.8 Å². The first kappa shape index (κ1) is 23.7. The standard InChI is InChI=1S/C24H23ClF3NO3/c1-6-31-22-14(4)23-18(13(3)15(5)32-23)11-17(22)12(2)9-21(30)29-20-10-16(24(26,27)28)7-8-19(20)25/h7-11H,6H2,1-5H3,(H,29,30)/b12-9+. The number of ether oxygens (including phenoxy) is 1. The highest BCUT2D eigenvalue weighted by molar-refractivity contribution is 6.33. The van der Waals surface area contributed by atoms with Crippen LogP contribution in [-0.4, -0.2) is 12.5 Å². The van der Waals surface area contributed by atoms with Gasteiger partial charge < -0.3 is 14.5 Å². The lowest BCUT2D eigenvalue weighted by atomic mass is 9.98. The molecule has 0 aliphatic carbocycles. The second-order valence-electron chi connectivity index (χ2n) is 7.48. The van der Waals surface area contributed by atoms with Crippen LogP contribution >= 0.6 is 11.6 Å². The summed E-state index contributed by atoms with van der Waals surface area (Å²) in [5, 5.41) is 3.35. The monoisotopic (exact) mass is 465 g/mol. The molecule has 0 saturated carbocycles. The number of furan rings is 1. The fraction of sp³-hybridized carbons (Fsp3) is 0.292. The van der Waals surface area contributed by atoms with E-state index in [1.807, 2.05) is 33.8 Å². The molecule has 170 valence electrons. The van der Waals surface area contributed by atoms with Crippen LogP contribution in [0.3, 0.4) is 0 Å². The van der Waals surface area contributed by atoms with E-state index in [4.69, 9.17) is 20.8 Å². The number of rotatable bonds is 5. The number of allylic oxidation sites excluding steroid dienone is 1. The Morgan fingerprint density at radius 1 is 1.19 bits per heavy atom. The third-order valence-corrected chi connectivity index (χ3v) is 5.59. The van der Waals surface area contributed by atoms with E-state index in [-0.39, 0.29) is 10.7 Å². The minimum absolute atomic E-state index is 0.00849. The number of anilines is 1. The number of aryl methyl sites for hydroxylation is 3. The van der Waals surface area contributed by atoms with E-state index in [1.165, 1.54) is 6.08 Å². The Hall–Kier alpha value is -2.93. The van der Waals surface area contributed by atoms with Crippen molar-refractivity contribution in [2.24, 2.45) is 0 Å². The lowest BCUT2D eigenvalue weighted by Crippen LogP contribution is -2.11. The predicted octanol–water partition coefficient (Wildman–Crippen LogP) is 7.47. The summed E-state index contributed by atoms with van der Waals surface area (Å²) in [7, 11) is 0. The van der Waals surface area contributed by atoms with E-state index in [0.29, 0.717) is 23.5 Å². The number of halogens is 4. The van der Waals surface area contributed by atoms with Crippen LogP contribution in [0.1, 0.15) is 41.9 Å². The molecule has 0 aliphatic heterocycles. The number of hydrogen-bond donors (Lipinski definition) is 1. The van der Waals surface area contributed by atoms with Gasteiger partial charge in [0.1, 0.15) is 17.1 Å². The topological polar surface area (TPSA) is 51.5 Å². The lowest BCUT2D eigenvalue weighted by Gasteiger charge is -2.15. The van der Waals surface area contributed by atoms with Crippen LogP contribution in [0.5, 0.6) is 5.75 Å². The molecule has 0 spiro atoms. The van der Waals surface area contributed by atoms with Gasteiger partial charge in [-0.3, -0.25) is 4.79 Å². The summed E-state index contributed by atoms with van der Waals surface area (Å²) in [5.74, 6) is 0.776. The van der Waals surface area contributed by atoms with Gasteiger partial charge in [-0.25, -0.2) is 0 Å². The molecule has 0 radical (unpaired) electrons. The highest BCUT2D eigenvalue weighted by Gasteiger charge is 2.31. The summed E-state index contributed by atoms with van der Waals surface area (Å²) < 4.78 is 50.7. The van der Waals surface area contributed by atoms with E-state index in [2.05, 4.69) is 5.32 Å². The predicted molar refractivity (Wildman–Crippen MR) is 120 cm³/mol. The van der Waals surface area contributed by atoms with Crippen molar-refractivity contribution in [3.05, 3.63) is 63.4 Å². The number of carbonyl (C=O) groups is 1. The van der Waals surface area contributed by atoms with Crippen molar-refractivity contribution < 1.29 is 27.1 Å². The van der Waals surface area contributed by atoms with Gasteiger partial charge in [0, 0.05) is 22.6 Å². The molecule has 0 bridgehead atoms. The van der Waals surface area contributed by atoms with Crippen molar-refractivity contribution in [1.82, 2.24) is 0 Å². The molecule has 0 atom stereocenters. The lowest BCUT2D eigenvalue weighted by molar-refractivity contribution is -0.137. The van der Waals surface area contributed by atoms with Crippen molar-refractivity contribution >= 4 is 39.7 Å². The molecule has 2 aromatic carbocycles. The first-order valence-corrected chi connectivity index (χ1v) is 10.3. The van der Waals surface area contributed by atoms with Crippen LogP contribution < -0.4 is 10.1 Å². The molecule has 1 amide bonds. The zero-order valence-corrected chi connectivity index (χ0v) is 19.1. The molecule has 0 saturated heterocycles. The van der Waals surface area contributed by atoms with Gasteiger partial charge in [-0.05, 0) is 70.0 Å². The molecule has 8 heteroatoms. The molecular weight excluding hydrogens is 443 g/mol. The van der Waals surface area contributed by atoms with Crippen molar-refractivity contribution in [1.29, 1.82) is 0 Å². The van der Waals surface area contributed by atoms with Gasteiger partial charge in [-0.1, -0.05) is 11.6 Å². The maximum Gasteiger partial charge on any atom is 0.416 e. The zero-order chi connectivity index (χ0) is 23.8. The van der Waals surface area contributed by atoms with Gasteiger partial charge in [0.05, 0.1) is 22.9 Å². The molecular formula is C24H23ClF3NO3. The van der Waals surface area contributed by atoms with Crippen LogP contribution in [0.4, 0.5) is 18.9 Å². The third kappa shape index (κ3) is 4.63. The summed E-state index contributed by atoms with van der Waals surface area (Å²) in [6, 6.07) is 4.67. The number of fused-ring (bicyclic) bond motifs is 1. The summed E-state index contributed by atoms with van der Waals surface area (Å²) in [6.07, 6.45) is -3.24. The SMILES string of the molecule is CCOc1c(/C(C)=C/C(=O)Nc2cc(C(F)(F)F)ccc2Cl)cc2c(C)c(C)oc2c1C. The smallest absolute Gasteiger partial charge is 0.416 e. The molecule has 1 N–H and O–H groups in total. The van der Waals surface area contributed by atoms with Crippen molar-refractivity contribution in [3.63, 3.8) is 0 Å². The van der Waals surface area contributed by atoms with Crippen molar-refractivity contribution in [3.8, 4) is 5.75 Å². The quantitative estimate of drug-likeness (QED) is 0.397. The molecule has 3 rings (SSSR count). The Kier molecular flexibility index (Phi) is 6.60. The maximum atomic E-state index is 13.0.